The van der Waals surface area contributed by atoms with Crippen molar-refractivity contribution in [3.05, 3.63) is 29.8 Å². The quantitative estimate of drug-likeness (QED) is 0.841. The Morgan fingerprint density at radius 1 is 1.08 bits per heavy atom. The van der Waals surface area contributed by atoms with E-state index in [1.807, 2.05) is 6.07 Å². The molecule has 3 unspecified atom stereocenters. The third-order valence-corrected chi connectivity index (χ3v) is 6.63. The molecule has 0 aliphatic heterocycles. The molecule has 0 radical (unpaired) electrons. The van der Waals surface area contributed by atoms with Crippen LogP contribution in [-0.4, -0.2) is 43.4 Å². The number of benzene rings is 1. The van der Waals surface area contributed by atoms with E-state index in [-0.39, 0.29) is 0 Å². The second-order valence-electron chi connectivity index (χ2n) is 8.51. The van der Waals surface area contributed by atoms with Gasteiger partial charge in [-0.3, -0.25) is 0 Å². The summed E-state index contributed by atoms with van der Waals surface area (Å²) in [6.07, 6.45) is 9.58. The molecule has 25 heavy (non-hydrogen) atoms. The Labute approximate surface area is 153 Å². The maximum absolute atomic E-state index is 12.0. The smallest absolute Gasteiger partial charge is 0.119 e. The topological polar surface area (TPSA) is 32.7 Å². The van der Waals surface area contributed by atoms with E-state index in [1.54, 1.807) is 7.11 Å². The summed E-state index contributed by atoms with van der Waals surface area (Å²) in [5.74, 6) is 2.17. The van der Waals surface area contributed by atoms with Crippen LogP contribution in [-0.2, 0) is 6.42 Å². The number of methoxy groups -OCH3 is 1. The van der Waals surface area contributed by atoms with Gasteiger partial charge in [-0.1, -0.05) is 31.4 Å². The highest BCUT2D eigenvalue weighted by atomic mass is 16.5. The highest BCUT2D eigenvalue weighted by molar-refractivity contribution is 5.29. The largest absolute Gasteiger partial charge is 0.497 e. The van der Waals surface area contributed by atoms with Gasteiger partial charge in [-0.25, -0.2) is 0 Å². The van der Waals surface area contributed by atoms with Crippen LogP contribution in [0, 0.1) is 17.8 Å². The average Bonchev–Trinajstić information content (AvgIpc) is 2.93. The lowest BCUT2D eigenvalue weighted by atomic mass is 9.67. The van der Waals surface area contributed by atoms with Crippen molar-refractivity contribution in [1.82, 2.24) is 4.90 Å². The van der Waals surface area contributed by atoms with Gasteiger partial charge in [0.2, 0.25) is 0 Å². The first-order valence-electron chi connectivity index (χ1n) is 10.0. The molecule has 3 nitrogen and oxygen atoms in total. The van der Waals surface area contributed by atoms with Crippen molar-refractivity contribution < 1.29 is 9.84 Å². The number of aliphatic hydroxyl groups is 1. The van der Waals surface area contributed by atoms with Gasteiger partial charge in [-0.15, -0.1) is 0 Å². The first-order valence-corrected chi connectivity index (χ1v) is 10.0. The third kappa shape index (κ3) is 4.03. The fourth-order valence-electron chi connectivity index (χ4n) is 5.46. The van der Waals surface area contributed by atoms with Crippen molar-refractivity contribution in [3.8, 4) is 5.75 Å². The lowest BCUT2D eigenvalue weighted by Crippen LogP contribution is -2.50. The van der Waals surface area contributed by atoms with Crippen molar-refractivity contribution in [3.63, 3.8) is 0 Å². The summed E-state index contributed by atoms with van der Waals surface area (Å²) in [5.41, 5.74) is 0.789. The minimum atomic E-state index is -0.506. The average molecular weight is 346 g/mol. The molecule has 3 heteroatoms. The van der Waals surface area contributed by atoms with Gasteiger partial charge in [0.1, 0.15) is 5.75 Å². The molecule has 2 saturated carbocycles. The summed E-state index contributed by atoms with van der Waals surface area (Å²) in [6.45, 7) is 1.00. The number of hydrogen-bond acceptors (Lipinski definition) is 3. The van der Waals surface area contributed by atoms with Gasteiger partial charge in [0.15, 0.2) is 0 Å². The number of nitrogens with zero attached hydrogens (tertiary/aromatic N) is 1. The predicted octanol–water partition coefficient (Wildman–Crippen LogP) is 4.14. The third-order valence-electron chi connectivity index (χ3n) is 6.63. The van der Waals surface area contributed by atoms with E-state index in [2.05, 4.69) is 37.2 Å². The second-order valence-corrected chi connectivity index (χ2v) is 8.51. The van der Waals surface area contributed by atoms with E-state index < -0.39 is 5.60 Å². The molecule has 2 fully saturated rings. The molecule has 1 aromatic carbocycles. The van der Waals surface area contributed by atoms with Crippen LogP contribution < -0.4 is 4.74 Å². The molecule has 0 aromatic heterocycles. The maximum Gasteiger partial charge on any atom is 0.119 e. The normalized spacial score (nSPS) is 30.8. The SMILES string of the molecule is COc1cccc(CC2CCC(CN(C)C)C2(O)C2CCCCC2)c1. The van der Waals surface area contributed by atoms with Crippen LogP contribution in [0.4, 0.5) is 0 Å². The Morgan fingerprint density at radius 2 is 1.80 bits per heavy atom. The van der Waals surface area contributed by atoms with Gasteiger partial charge >= 0.3 is 0 Å². The van der Waals surface area contributed by atoms with Crippen molar-refractivity contribution in [1.29, 1.82) is 0 Å². The molecule has 2 aliphatic carbocycles. The molecule has 2 aliphatic rings. The minimum Gasteiger partial charge on any atom is -0.497 e. The number of ether oxygens (including phenoxy) is 1. The van der Waals surface area contributed by atoms with E-state index in [0.29, 0.717) is 17.8 Å². The van der Waals surface area contributed by atoms with Gasteiger partial charge in [0.05, 0.1) is 12.7 Å². The van der Waals surface area contributed by atoms with Gasteiger partial charge < -0.3 is 14.7 Å². The Hall–Kier alpha value is -1.06. The predicted molar refractivity (Wildman–Crippen MR) is 103 cm³/mol. The number of hydrogen-bond donors (Lipinski definition) is 1. The first-order chi connectivity index (χ1) is 12.0. The molecule has 0 bridgehead atoms. The van der Waals surface area contributed by atoms with Crippen molar-refractivity contribution in [2.75, 3.05) is 27.7 Å². The monoisotopic (exact) mass is 345 g/mol. The van der Waals surface area contributed by atoms with E-state index in [1.165, 1.54) is 37.7 Å². The zero-order chi connectivity index (χ0) is 17.9. The second kappa shape index (κ2) is 8.09. The lowest BCUT2D eigenvalue weighted by Gasteiger charge is -2.45. The van der Waals surface area contributed by atoms with Gasteiger partial charge in [0.25, 0.3) is 0 Å². The van der Waals surface area contributed by atoms with Crippen LogP contribution in [0.5, 0.6) is 5.75 Å². The molecular weight excluding hydrogens is 310 g/mol. The molecule has 3 atom stereocenters. The Morgan fingerprint density at radius 3 is 2.48 bits per heavy atom. The highest BCUT2D eigenvalue weighted by Crippen LogP contribution is 2.51. The summed E-state index contributed by atoms with van der Waals surface area (Å²) in [7, 11) is 5.99. The fourth-order valence-corrected chi connectivity index (χ4v) is 5.46. The Kier molecular flexibility index (Phi) is 6.06. The van der Waals surface area contributed by atoms with E-state index in [9.17, 15) is 5.11 Å². The summed E-state index contributed by atoms with van der Waals surface area (Å²) < 4.78 is 5.39. The highest BCUT2D eigenvalue weighted by Gasteiger charge is 2.53. The van der Waals surface area contributed by atoms with Crippen LogP contribution in [0.3, 0.4) is 0 Å². The Balaban J connectivity index is 1.82. The molecule has 0 amide bonds. The molecule has 1 aromatic rings. The van der Waals surface area contributed by atoms with Gasteiger partial charge in [-0.2, -0.15) is 0 Å². The lowest BCUT2D eigenvalue weighted by molar-refractivity contribution is -0.101. The van der Waals surface area contributed by atoms with Gasteiger partial charge in [-0.05, 0) is 75.7 Å². The minimum absolute atomic E-state index is 0.368. The van der Waals surface area contributed by atoms with E-state index in [4.69, 9.17) is 4.74 Å². The van der Waals surface area contributed by atoms with Crippen molar-refractivity contribution in [2.24, 2.45) is 17.8 Å². The fraction of sp³-hybridized carbons (Fsp3) is 0.727. The molecule has 1 N–H and O–H groups in total. The standard InChI is InChI=1S/C22H35NO2/c1-23(2)16-20-13-12-19(14-17-8-7-11-21(15-17)25-3)22(20,24)18-9-5-4-6-10-18/h7-8,11,15,18-20,24H,4-6,9-10,12-14,16H2,1-3H3. The van der Waals surface area contributed by atoms with Crippen LogP contribution in [0.15, 0.2) is 24.3 Å². The van der Waals surface area contributed by atoms with Crippen LogP contribution in [0.1, 0.15) is 50.5 Å². The first kappa shape index (κ1) is 18.7. The molecule has 3 rings (SSSR count). The van der Waals surface area contributed by atoms with Crippen LogP contribution in [0.2, 0.25) is 0 Å². The molecular formula is C22H35NO2. The zero-order valence-corrected chi connectivity index (χ0v) is 16.2. The van der Waals surface area contributed by atoms with Crippen LogP contribution >= 0.6 is 0 Å². The van der Waals surface area contributed by atoms with E-state index in [0.717, 1.165) is 31.6 Å². The molecule has 140 valence electrons. The van der Waals surface area contributed by atoms with Gasteiger partial charge in [0, 0.05) is 12.5 Å². The summed E-state index contributed by atoms with van der Waals surface area (Å²) in [5, 5.41) is 12.0. The van der Waals surface area contributed by atoms with Crippen molar-refractivity contribution in [2.45, 2.75) is 57.0 Å². The summed E-state index contributed by atoms with van der Waals surface area (Å²) >= 11 is 0. The number of rotatable bonds is 6. The molecule has 0 spiro atoms. The summed E-state index contributed by atoms with van der Waals surface area (Å²) in [4.78, 5) is 2.26. The van der Waals surface area contributed by atoms with E-state index >= 15 is 0 Å². The maximum atomic E-state index is 12.0. The Bertz CT molecular complexity index is 553. The molecule has 0 saturated heterocycles. The zero-order valence-electron chi connectivity index (χ0n) is 16.2. The van der Waals surface area contributed by atoms with Crippen LogP contribution in [0.25, 0.3) is 0 Å². The summed E-state index contributed by atoms with van der Waals surface area (Å²) in [6, 6.07) is 8.39. The molecule has 0 heterocycles. The van der Waals surface area contributed by atoms with Crippen molar-refractivity contribution >= 4 is 0 Å².